The lowest BCUT2D eigenvalue weighted by Gasteiger charge is -2.17. The van der Waals surface area contributed by atoms with Crippen molar-refractivity contribution in [2.75, 3.05) is 0 Å². The molecular weight excluding hydrogens is 524 g/mol. The number of hydrogen-bond donors (Lipinski definition) is 0. The summed E-state index contributed by atoms with van der Waals surface area (Å²) >= 11 is 0. The van der Waals surface area contributed by atoms with Crippen molar-refractivity contribution in [3.63, 3.8) is 0 Å². The van der Waals surface area contributed by atoms with Gasteiger partial charge in [-0.15, -0.1) is 0 Å². The van der Waals surface area contributed by atoms with E-state index in [4.69, 9.17) is 0 Å². The van der Waals surface area contributed by atoms with Gasteiger partial charge in [-0.05, 0) is 34.8 Å². The average molecular weight is 570 g/mol. The third-order valence-corrected chi connectivity index (χ3v) is 6.10. The van der Waals surface area contributed by atoms with Crippen molar-refractivity contribution in [3.05, 3.63) is 60.2 Å². The maximum absolute atomic E-state index is 2.33. The molecule has 0 aliphatic heterocycles. The van der Waals surface area contributed by atoms with E-state index in [1.807, 2.05) is 0 Å². The standard InChI is InChI=1S/C28H46N2.2BrH/c1-27(2,3)25-15-21-29(22-16-25)19-13-11-9-7-8-10-12-14-20-30-23-17-26(18-24-30)28(4,5)6;;/h15-18,21-24H,7-14,19-20H2,1-6H3;2*1H/q+2;;/p-2. The zero-order valence-corrected chi connectivity index (χ0v) is 24.5. The summed E-state index contributed by atoms with van der Waals surface area (Å²) < 4.78 is 4.67. The molecule has 0 saturated heterocycles. The molecule has 0 aliphatic rings. The lowest BCUT2D eigenvalue weighted by molar-refractivity contribution is -0.697. The van der Waals surface area contributed by atoms with Crippen LogP contribution in [0.3, 0.4) is 0 Å². The van der Waals surface area contributed by atoms with Crippen LogP contribution in [-0.2, 0) is 23.9 Å². The third kappa shape index (κ3) is 11.9. The molecule has 0 aromatic carbocycles. The van der Waals surface area contributed by atoms with Crippen LogP contribution in [0.5, 0.6) is 0 Å². The smallest absolute Gasteiger partial charge is 0.169 e. The van der Waals surface area contributed by atoms with Gasteiger partial charge in [-0.3, -0.25) is 0 Å². The van der Waals surface area contributed by atoms with E-state index in [0.717, 1.165) is 13.1 Å². The van der Waals surface area contributed by atoms with Crippen LogP contribution in [0.25, 0.3) is 0 Å². The Morgan fingerprint density at radius 2 is 0.719 bits per heavy atom. The van der Waals surface area contributed by atoms with E-state index in [9.17, 15) is 0 Å². The molecule has 32 heavy (non-hydrogen) atoms. The number of aryl methyl sites for hydroxylation is 2. The van der Waals surface area contributed by atoms with Gasteiger partial charge in [-0.2, -0.15) is 0 Å². The highest BCUT2D eigenvalue weighted by Crippen LogP contribution is 2.21. The summed E-state index contributed by atoms with van der Waals surface area (Å²) in [5, 5.41) is 0. The van der Waals surface area contributed by atoms with Crippen molar-refractivity contribution in [1.29, 1.82) is 0 Å². The molecule has 0 unspecified atom stereocenters. The van der Waals surface area contributed by atoms with Crippen molar-refractivity contribution in [2.24, 2.45) is 0 Å². The van der Waals surface area contributed by atoms with Crippen LogP contribution >= 0.6 is 0 Å². The molecule has 0 amide bonds. The van der Waals surface area contributed by atoms with Crippen LogP contribution in [0.1, 0.15) is 104 Å². The second-order valence-electron chi connectivity index (χ2n) is 11.0. The highest BCUT2D eigenvalue weighted by molar-refractivity contribution is 5.18. The molecule has 0 atom stereocenters. The van der Waals surface area contributed by atoms with E-state index in [-0.39, 0.29) is 44.8 Å². The molecule has 4 heteroatoms. The minimum atomic E-state index is 0. The summed E-state index contributed by atoms with van der Waals surface area (Å²) in [4.78, 5) is 0. The van der Waals surface area contributed by atoms with E-state index in [1.54, 1.807) is 0 Å². The minimum absolute atomic E-state index is 0. The van der Waals surface area contributed by atoms with Gasteiger partial charge in [0.25, 0.3) is 0 Å². The van der Waals surface area contributed by atoms with Gasteiger partial charge in [-0.25, -0.2) is 9.13 Å². The zero-order valence-electron chi connectivity index (χ0n) is 21.3. The second-order valence-corrected chi connectivity index (χ2v) is 11.0. The van der Waals surface area contributed by atoms with Crippen LogP contribution in [0, 0.1) is 0 Å². The highest BCUT2D eigenvalue weighted by atomic mass is 79.9. The normalized spacial score (nSPS) is 11.6. The minimum Gasteiger partial charge on any atom is -1.00 e. The Balaban J connectivity index is 0.00000480. The van der Waals surface area contributed by atoms with Gasteiger partial charge >= 0.3 is 0 Å². The van der Waals surface area contributed by atoms with E-state index in [1.165, 1.54) is 62.5 Å². The maximum atomic E-state index is 2.33. The Morgan fingerprint density at radius 3 is 0.969 bits per heavy atom. The second kappa shape index (κ2) is 15.2. The van der Waals surface area contributed by atoms with Crippen LogP contribution in [-0.4, -0.2) is 0 Å². The fourth-order valence-electron chi connectivity index (χ4n) is 3.86. The zero-order chi connectivity index (χ0) is 22.0. The van der Waals surface area contributed by atoms with Crippen molar-refractivity contribution in [1.82, 2.24) is 0 Å². The number of rotatable bonds is 11. The van der Waals surface area contributed by atoms with E-state index >= 15 is 0 Å². The topological polar surface area (TPSA) is 7.76 Å². The number of aromatic nitrogens is 2. The number of halogens is 2. The molecule has 0 radical (unpaired) electrons. The van der Waals surface area contributed by atoms with Gasteiger partial charge in [0, 0.05) is 37.1 Å². The van der Waals surface area contributed by atoms with Gasteiger partial charge in [-0.1, -0.05) is 67.2 Å². The maximum Gasteiger partial charge on any atom is 0.169 e. The summed E-state index contributed by atoms with van der Waals surface area (Å²) in [6.45, 7) is 15.9. The molecule has 2 heterocycles. The average Bonchev–Trinajstić information content (AvgIpc) is 2.69. The highest BCUT2D eigenvalue weighted by Gasteiger charge is 2.15. The Labute approximate surface area is 219 Å². The SMILES string of the molecule is CC(C)(C)c1cc[n+](CCCCCCCCCC[n+]2ccc(C(C)(C)C)cc2)cc1.[Br-].[Br-]. The molecule has 2 aromatic heterocycles. The largest absolute Gasteiger partial charge is 1.00 e. The Morgan fingerprint density at radius 1 is 0.469 bits per heavy atom. The Bertz CT molecular complexity index is 661. The number of nitrogens with zero attached hydrogens (tertiary/aromatic N) is 2. The summed E-state index contributed by atoms with van der Waals surface area (Å²) in [5.41, 5.74) is 3.32. The molecule has 0 fully saturated rings. The van der Waals surface area contributed by atoms with E-state index in [2.05, 4.69) is 99.7 Å². The first-order valence-electron chi connectivity index (χ1n) is 12.2. The van der Waals surface area contributed by atoms with E-state index < -0.39 is 0 Å². The van der Waals surface area contributed by atoms with Gasteiger partial charge in [0.15, 0.2) is 24.8 Å². The first-order chi connectivity index (χ1) is 14.2. The van der Waals surface area contributed by atoms with Gasteiger partial charge in [0.05, 0.1) is 0 Å². The van der Waals surface area contributed by atoms with Gasteiger partial charge in [0.2, 0.25) is 0 Å². The van der Waals surface area contributed by atoms with Crippen LogP contribution in [0.4, 0.5) is 0 Å². The molecule has 182 valence electrons. The van der Waals surface area contributed by atoms with Crippen molar-refractivity contribution in [2.45, 2.75) is 117 Å². The molecule has 2 rings (SSSR count). The summed E-state index contributed by atoms with van der Waals surface area (Å²) in [5.74, 6) is 0. The molecule has 0 bridgehead atoms. The lowest BCUT2D eigenvalue weighted by Crippen LogP contribution is -3.00. The van der Waals surface area contributed by atoms with E-state index in [0.29, 0.717) is 0 Å². The Kier molecular flexibility index (Phi) is 14.9. The Hall–Kier alpha value is -0.740. The van der Waals surface area contributed by atoms with Crippen molar-refractivity contribution >= 4 is 0 Å². The van der Waals surface area contributed by atoms with Gasteiger partial charge < -0.3 is 34.0 Å². The molecule has 0 aliphatic carbocycles. The molecule has 2 aromatic rings. The number of pyridine rings is 2. The molecular formula is C28H46Br2N2. The lowest BCUT2D eigenvalue weighted by atomic mass is 9.88. The van der Waals surface area contributed by atoms with Crippen LogP contribution < -0.4 is 43.1 Å². The molecule has 0 N–H and O–H groups in total. The summed E-state index contributed by atoms with van der Waals surface area (Å²) in [7, 11) is 0. The first-order valence-corrected chi connectivity index (χ1v) is 12.2. The number of hydrogen-bond acceptors (Lipinski definition) is 0. The predicted molar refractivity (Wildman–Crippen MR) is 128 cm³/mol. The molecule has 0 saturated carbocycles. The predicted octanol–water partition coefficient (Wildman–Crippen LogP) is 0.686. The quantitative estimate of drug-likeness (QED) is 0.278. The number of unbranched alkanes of at least 4 members (excludes halogenated alkanes) is 7. The van der Waals surface area contributed by atoms with Crippen molar-refractivity contribution < 1.29 is 43.1 Å². The fourth-order valence-corrected chi connectivity index (χ4v) is 3.86. The monoisotopic (exact) mass is 568 g/mol. The van der Waals surface area contributed by atoms with Gasteiger partial charge in [0.1, 0.15) is 13.1 Å². The molecule has 0 spiro atoms. The summed E-state index contributed by atoms with van der Waals surface area (Å²) in [6.07, 6.45) is 19.8. The third-order valence-electron chi connectivity index (χ3n) is 6.10. The molecule has 2 nitrogen and oxygen atoms in total. The van der Waals surface area contributed by atoms with Crippen LogP contribution in [0.2, 0.25) is 0 Å². The summed E-state index contributed by atoms with van der Waals surface area (Å²) in [6, 6.07) is 9.10. The fraction of sp³-hybridized carbons (Fsp3) is 0.643. The first kappa shape index (κ1) is 31.3. The van der Waals surface area contributed by atoms with Crippen molar-refractivity contribution in [3.8, 4) is 0 Å². The van der Waals surface area contributed by atoms with Crippen LogP contribution in [0.15, 0.2) is 49.1 Å².